The summed E-state index contributed by atoms with van der Waals surface area (Å²) < 4.78 is 0. The van der Waals surface area contributed by atoms with Gasteiger partial charge in [-0.05, 0) is 41.5 Å². The summed E-state index contributed by atoms with van der Waals surface area (Å²) in [5, 5.41) is 4.27. The lowest BCUT2D eigenvalue weighted by atomic mass is 9.93. The molecule has 0 aliphatic heterocycles. The number of halogens is 2. The molecule has 1 unspecified atom stereocenters. The first-order valence-electron chi connectivity index (χ1n) is 8.30. The number of nitrogens with one attached hydrogen (secondary N) is 1. The number of hydrogen-bond donors (Lipinski definition) is 1. The lowest BCUT2D eigenvalue weighted by Gasteiger charge is -2.17. The molecule has 1 atom stereocenters. The maximum absolute atomic E-state index is 12.9. The predicted molar refractivity (Wildman–Crippen MR) is 105 cm³/mol. The number of rotatable bonds is 6. The molecule has 0 radical (unpaired) electrons. The van der Waals surface area contributed by atoms with Crippen LogP contribution in [0.5, 0.6) is 0 Å². The van der Waals surface area contributed by atoms with Gasteiger partial charge in [-0.15, -0.1) is 0 Å². The van der Waals surface area contributed by atoms with Crippen LogP contribution in [0.1, 0.15) is 22.7 Å². The molecule has 0 bridgehead atoms. The van der Waals surface area contributed by atoms with Gasteiger partial charge < -0.3 is 5.32 Å². The third kappa shape index (κ3) is 4.84. The normalized spacial score (nSPS) is 11.8. The molecule has 1 N–H and O–H groups in total. The SMILES string of the molecule is O=C(NCc1ccccc1Cl)C(Cc1ccccn1)c1ccc(Cl)cc1. The molecule has 5 heteroatoms. The van der Waals surface area contributed by atoms with Gasteiger partial charge in [0, 0.05) is 34.9 Å². The first-order chi connectivity index (χ1) is 12.6. The second-order valence-electron chi connectivity index (χ2n) is 5.94. The summed E-state index contributed by atoms with van der Waals surface area (Å²) in [6, 6.07) is 20.5. The molecule has 0 saturated carbocycles. The third-order valence-corrected chi connectivity index (χ3v) is 4.76. The number of pyridine rings is 1. The van der Waals surface area contributed by atoms with E-state index in [1.54, 1.807) is 18.3 Å². The summed E-state index contributed by atoms with van der Waals surface area (Å²) in [6.07, 6.45) is 2.24. The molecular formula is C21H18Cl2N2O. The van der Waals surface area contributed by atoms with Crippen LogP contribution in [0, 0.1) is 0 Å². The minimum Gasteiger partial charge on any atom is -0.351 e. The van der Waals surface area contributed by atoms with Crippen LogP contribution in [-0.2, 0) is 17.8 Å². The highest BCUT2D eigenvalue weighted by Crippen LogP contribution is 2.23. The molecule has 0 saturated heterocycles. The Kier molecular flexibility index (Phi) is 6.26. The molecule has 1 aromatic heterocycles. The van der Waals surface area contributed by atoms with Crippen molar-refractivity contribution in [2.75, 3.05) is 0 Å². The lowest BCUT2D eigenvalue weighted by Crippen LogP contribution is -2.30. The van der Waals surface area contributed by atoms with Gasteiger partial charge in [-0.3, -0.25) is 9.78 Å². The number of hydrogen-bond acceptors (Lipinski definition) is 2. The van der Waals surface area contributed by atoms with Gasteiger partial charge in [0.05, 0.1) is 5.92 Å². The lowest BCUT2D eigenvalue weighted by molar-refractivity contribution is -0.122. The van der Waals surface area contributed by atoms with Crippen LogP contribution in [0.25, 0.3) is 0 Å². The Hall–Kier alpha value is -2.36. The Balaban J connectivity index is 1.78. The second-order valence-corrected chi connectivity index (χ2v) is 6.78. The third-order valence-electron chi connectivity index (χ3n) is 4.14. The Bertz CT molecular complexity index is 867. The van der Waals surface area contributed by atoms with E-state index >= 15 is 0 Å². The van der Waals surface area contributed by atoms with Crippen LogP contribution in [0.3, 0.4) is 0 Å². The first-order valence-corrected chi connectivity index (χ1v) is 9.05. The molecule has 1 amide bonds. The summed E-state index contributed by atoms with van der Waals surface area (Å²) in [7, 11) is 0. The number of carbonyl (C=O) groups is 1. The molecule has 3 rings (SSSR count). The molecule has 132 valence electrons. The number of aromatic nitrogens is 1. The first kappa shape index (κ1) is 18.4. The van der Waals surface area contributed by atoms with Crippen LogP contribution in [0.4, 0.5) is 0 Å². The minimum atomic E-state index is -0.357. The Morgan fingerprint density at radius 3 is 2.38 bits per heavy atom. The van der Waals surface area contributed by atoms with Crippen molar-refractivity contribution in [3.8, 4) is 0 Å². The maximum atomic E-state index is 12.9. The van der Waals surface area contributed by atoms with Gasteiger partial charge in [0.2, 0.25) is 5.91 Å². The van der Waals surface area contributed by atoms with Crippen molar-refractivity contribution in [3.05, 3.63) is 99.8 Å². The Morgan fingerprint density at radius 1 is 0.962 bits per heavy atom. The molecule has 0 spiro atoms. The predicted octanol–water partition coefficient (Wildman–Crippen LogP) is 5.03. The van der Waals surface area contributed by atoms with E-state index in [-0.39, 0.29) is 11.8 Å². The standard InChI is InChI=1S/C21H18Cl2N2O/c22-17-10-8-15(9-11-17)19(13-18-6-3-4-12-24-18)21(26)25-14-16-5-1-2-7-20(16)23/h1-12,19H,13-14H2,(H,25,26). The summed E-state index contributed by atoms with van der Waals surface area (Å²) in [5.41, 5.74) is 2.65. The molecule has 0 aliphatic rings. The fourth-order valence-electron chi connectivity index (χ4n) is 2.73. The van der Waals surface area contributed by atoms with Crippen molar-refractivity contribution in [2.24, 2.45) is 0 Å². The average Bonchev–Trinajstić information content (AvgIpc) is 2.67. The van der Waals surface area contributed by atoms with Gasteiger partial charge in [-0.2, -0.15) is 0 Å². The quantitative estimate of drug-likeness (QED) is 0.647. The number of carbonyl (C=O) groups excluding carboxylic acids is 1. The summed E-state index contributed by atoms with van der Waals surface area (Å²) in [4.78, 5) is 17.3. The fraction of sp³-hybridized carbons (Fsp3) is 0.143. The molecule has 0 fully saturated rings. The van der Waals surface area contributed by atoms with E-state index in [1.165, 1.54) is 0 Å². The Labute approximate surface area is 163 Å². The van der Waals surface area contributed by atoms with Crippen LogP contribution < -0.4 is 5.32 Å². The van der Waals surface area contributed by atoms with Gasteiger partial charge in [-0.1, -0.05) is 59.6 Å². The van der Waals surface area contributed by atoms with Gasteiger partial charge in [-0.25, -0.2) is 0 Å². The van der Waals surface area contributed by atoms with Crippen molar-refractivity contribution in [1.29, 1.82) is 0 Å². The molecule has 3 nitrogen and oxygen atoms in total. The largest absolute Gasteiger partial charge is 0.351 e. The van der Waals surface area contributed by atoms with Gasteiger partial charge in [0.1, 0.15) is 0 Å². The van der Waals surface area contributed by atoms with Gasteiger partial charge >= 0.3 is 0 Å². The van der Waals surface area contributed by atoms with E-state index in [4.69, 9.17) is 23.2 Å². The van der Waals surface area contributed by atoms with Gasteiger partial charge in [0.25, 0.3) is 0 Å². The van der Waals surface area contributed by atoms with E-state index in [0.717, 1.165) is 16.8 Å². The average molecular weight is 385 g/mol. The van der Waals surface area contributed by atoms with Crippen LogP contribution in [0.2, 0.25) is 10.0 Å². The van der Waals surface area contributed by atoms with E-state index in [1.807, 2.05) is 54.6 Å². The van der Waals surface area contributed by atoms with Crippen molar-refractivity contribution < 1.29 is 4.79 Å². The maximum Gasteiger partial charge on any atom is 0.228 e. The molecule has 0 aliphatic carbocycles. The van der Waals surface area contributed by atoms with E-state index in [9.17, 15) is 4.79 Å². The Morgan fingerprint density at radius 2 is 1.69 bits per heavy atom. The molecule has 1 heterocycles. The van der Waals surface area contributed by atoms with Crippen molar-refractivity contribution in [3.63, 3.8) is 0 Å². The van der Waals surface area contributed by atoms with Gasteiger partial charge in [0.15, 0.2) is 0 Å². The molecule has 26 heavy (non-hydrogen) atoms. The summed E-state index contributed by atoms with van der Waals surface area (Å²) in [5.74, 6) is -0.428. The molecule has 3 aromatic rings. The van der Waals surface area contributed by atoms with Crippen molar-refractivity contribution in [2.45, 2.75) is 18.9 Å². The number of benzene rings is 2. The zero-order valence-corrected chi connectivity index (χ0v) is 15.5. The van der Waals surface area contributed by atoms with Crippen molar-refractivity contribution >= 4 is 29.1 Å². The van der Waals surface area contributed by atoms with Crippen LogP contribution in [0.15, 0.2) is 72.9 Å². The molecule has 2 aromatic carbocycles. The van der Waals surface area contributed by atoms with E-state index < -0.39 is 0 Å². The topological polar surface area (TPSA) is 42.0 Å². The van der Waals surface area contributed by atoms with Crippen molar-refractivity contribution in [1.82, 2.24) is 10.3 Å². The zero-order valence-electron chi connectivity index (χ0n) is 14.0. The highest BCUT2D eigenvalue weighted by Gasteiger charge is 2.21. The van der Waals surface area contributed by atoms with E-state index in [0.29, 0.717) is 23.0 Å². The summed E-state index contributed by atoms with van der Waals surface area (Å²) in [6.45, 7) is 0.380. The number of nitrogens with zero attached hydrogens (tertiary/aromatic N) is 1. The van der Waals surface area contributed by atoms with Crippen LogP contribution in [-0.4, -0.2) is 10.9 Å². The molecular weight excluding hydrogens is 367 g/mol. The number of amides is 1. The highest BCUT2D eigenvalue weighted by molar-refractivity contribution is 6.31. The highest BCUT2D eigenvalue weighted by atomic mass is 35.5. The monoisotopic (exact) mass is 384 g/mol. The van der Waals surface area contributed by atoms with Crippen LogP contribution >= 0.6 is 23.2 Å². The fourth-order valence-corrected chi connectivity index (χ4v) is 3.06. The zero-order chi connectivity index (χ0) is 18.4. The summed E-state index contributed by atoms with van der Waals surface area (Å²) >= 11 is 12.2. The minimum absolute atomic E-state index is 0.0714. The van der Waals surface area contributed by atoms with E-state index in [2.05, 4.69) is 10.3 Å². The smallest absolute Gasteiger partial charge is 0.228 e. The second kappa shape index (κ2) is 8.84.